The highest BCUT2D eigenvalue weighted by Crippen LogP contribution is 2.76. The summed E-state index contributed by atoms with van der Waals surface area (Å²) in [6, 6.07) is 10.5. The van der Waals surface area contributed by atoms with E-state index < -0.39 is 28.6 Å². The highest BCUT2D eigenvalue weighted by Gasteiger charge is 2.90. The van der Waals surface area contributed by atoms with Crippen molar-refractivity contribution in [3.8, 4) is 17.9 Å². The molecule has 2 fully saturated rings. The maximum Gasteiger partial charge on any atom is 0.250 e. The molecule has 0 spiro atoms. The molecule has 1 heterocycles. The lowest BCUT2D eigenvalue weighted by Crippen LogP contribution is -2.31. The van der Waals surface area contributed by atoms with E-state index >= 15 is 0 Å². The lowest BCUT2D eigenvalue weighted by molar-refractivity contribution is -0.128. The number of methoxy groups -OCH3 is 1. The topological polar surface area (TPSA) is 103 Å². The summed E-state index contributed by atoms with van der Waals surface area (Å²) in [5.41, 5.74) is -2.66. The predicted molar refractivity (Wildman–Crippen MR) is 65.0 cm³/mol. The van der Waals surface area contributed by atoms with Gasteiger partial charge in [-0.2, -0.15) is 10.5 Å². The summed E-state index contributed by atoms with van der Waals surface area (Å²) in [5.74, 6) is -1.60. The first-order valence-electron chi connectivity index (χ1n) is 5.91. The third-order valence-corrected chi connectivity index (χ3v) is 4.13. The van der Waals surface area contributed by atoms with Crippen LogP contribution in [0.4, 0.5) is 0 Å². The van der Waals surface area contributed by atoms with E-state index in [4.69, 9.17) is 4.74 Å². The molecule has 0 unspecified atom stereocenters. The summed E-state index contributed by atoms with van der Waals surface area (Å²) in [7, 11) is 1.49. The van der Waals surface area contributed by atoms with Crippen molar-refractivity contribution in [3.63, 3.8) is 0 Å². The number of piperidine rings is 1. The fraction of sp³-hybridized carbons (Fsp3) is 0.286. The highest BCUT2D eigenvalue weighted by molar-refractivity contribution is 6.19. The van der Waals surface area contributed by atoms with Crippen LogP contribution in [0.3, 0.4) is 0 Å². The molecule has 1 aromatic carbocycles. The van der Waals surface area contributed by atoms with Gasteiger partial charge in [-0.1, -0.05) is 12.1 Å². The van der Waals surface area contributed by atoms with Gasteiger partial charge >= 0.3 is 0 Å². The van der Waals surface area contributed by atoms with E-state index in [9.17, 15) is 20.1 Å². The fourth-order valence-corrected chi connectivity index (χ4v) is 3.12. The van der Waals surface area contributed by atoms with Gasteiger partial charge in [0.2, 0.25) is 11.8 Å². The summed E-state index contributed by atoms with van der Waals surface area (Å²) in [4.78, 5) is 23.9. The van der Waals surface area contributed by atoms with E-state index in [0.717, 1.165) is 0 Å². The van der Waals surface area contributed by atoms with Crippen LogP contribution in [0, 0.1) is 33.5 Å². The van der Waals surface area contributed by atoms with Gasteiger partial charge in [0.15, 0.2) is 10.8 Å². The van der Waals surface area contributed by atoms with Crippen molar-refractivity contribution in [2.24, 2.45) is 10.8 Å². The van der Waals surface area contributed by atoms with Gasteiger partial charge in [-0.05, 0) is 17.7 Å². The number of rotatable bonds is 2. The number of amides is 2. The second kappa shape index (κ2) is 3.58. The van der Waals surface area contributed by atoms with Crippen molar-refractivity contribution in [2.45, 2.75) is 5.92 Å². The fourth-order valence-electron chi connectivity index (χ4n) is 3.12. The van der Waals surface area contributed by atoms with Gasteiger partial charge in [0.05, 0.1) is 19.2 Å². The Morgan fingerprint density at radius 3 is 2.30 bits per heavy atom. The van der Waals surface area contributed by atoms with Crippen molar-refractivity contribution < 1.29 is 14.3 Å². The zero-order chi connectivity index (χ0) is 14.5. The van der Waals surface area contributed by atoms with E-state index in [1.807, 2.05) is 12.1 Å². The third-order valence-electron chi connectivity index (χ3n) is 4.13. The molecule has 2 aliphatic rings. The maximum atomic E-state index is 11.9. The first kappa shape index (κ1) is 12.2. The van der Waals surface area contributed by atoms with Crippen molar-refractivity contribution >= 4 is 11.8 Å². The van der Waals surface area contributed by atoms with Crippen molar-refractivity contribution in [1.29, 1.82) is 10.5 Å². The first-order valence-corrected chi connectivity index (χ1v) is 5.91. The van der Waals surface area contributed by atoms with E-state index in [1.54, 1.807) is 24.3 Å². The number of nitrogens with one attached hydrogen (secondary N) is 1. The Labute approximate surface area is 114 Å². The average molecular weight is 267 g/mol. The Hall–Kier alpha value is -2.86. The molecule has 0 radical (unpaired) electrons. The number of fused-ring (bicyclic) bond motifs is 1. The molecule has 3 rings (SSSR count). The van der Waals surface area contributed by atoms with Gasteiger partial charge in [0.25, 0.3) is 0 Å². The number of nitriles is 2. The summed E-state index contributed by atoms with van der Waals surface area (Å²) in [5, 5.41) is 20.8. The van der Waals surface area contributed by atoms with Gasteiger partial charge in [-0.15, -0.1) is 0 Å². The number of carbonyl (C=O) groups is 2. The Morgan fingerprint density at radius 1 is 1.20 bits per heavy atom. The number of hydrogen-bond donors (Lipinski definition) is 1. The summed E-state index contributed by atoms with van der Waals surface area (Å²) >= 11 is 0. The maximum absolute atomic E-state index is 11.9. The molecule has 1 saturated carbocycles. The van der Waals surface area contributed by atoms with E-state index in [0.29, 0.717) is 11.3 Å². The Balaban J connectivity index is 2.17. The molecule has 6 nitrogen and oxygen atoms in total. The number of benzene rings is 1. The minimum absolute atomic E-state index is 0.543. The molecule has 1 aliphatic heterocycles. The Kier molecular flexibility index (Phi) is 2.18. The predicted octanol–water partition coefficient (Wildman–Crippen LogP) is 0.469. The summed E-state index contributed by atoms with van der Waals surface area (Å²) in [6.45, 7) is 0. The zero-order valence-corrected chi connectivity index (χ0v) is 10.5. The number of carbonyl (C=O) groups excluding carboxylic acids is 2. The van der Waals surface area contributed by atoms with Crippen molar-refractivity contribution in [3.05, 3.63) is 29.8 Å². The smallest absolute Gasteiger partial charge is 0.250 e. The molecule has 6 heteroatoms. The van der Waals surface area contributed by atoms with Crippen molar-refractivity contribution in [1.82, 2.24) is 5.32 Å². The molecule has 20 heavy (non-hydrogen) atoms. The van der Waals surface area contributed by atoms with Crippen LogP contribution in [0.5, 0.6) is 5.75 Å². The Morgan fingerprint density at radius 2 is 1.80 bits per heavy atom. The lowest BCUT2D eigenvalue weighted by atomic mass is 9.98. The van der Waals surface area contributed by atoms with Crippen LogP contribution in [0.15, 0.2) is 24.3 Å². The van der Waals surface area contributed by atoms with Gasteiger partial charge in [0, 0.05) is 5.92 Å². The SMILES string of the molecule is COc1cccc(C2[C@@]3(C#N)C(=O)NC(=O)[C@]23C#N)c1. The largest absolute Gasteiger partial charge is 0.497 e. The number of hydrogen-bond acceptors (Lipinski definition) is 5. The minimum Gasteiger partial charge on any atom is -0.497 e. The van der Waals surface area contributed by atoms with Crippen LogP contribution in [0.1, 0.15) is 11.5 Å². The second-order valence-corrected chi connectivity index (χ2v) is 4.83. The van der Waals surface area contributed by atoms with Crippen LogP contribution in [0.2, 0.25) is 0 Å². The van der Waals surface area contributed by atoms with Crippen LogP contribution < -0.4 is 10.1 Å². The molecule has 1 aliphatic carbocycles. The zero-order valence-electron chi connectivity index (χ0n) is 10.5. The van der Waals surface area contributed by atoms with Crippen LogP contribution in [-0.2, 0) is 9.59 Å². The van der Waals surface area contributed by atoms with Gasteiger partial charge in [-0.25, -0.2) is 0 Å². The minimum atomic E-state index is -1.62. The molecule has 98 valence electrons. The quantitative estimate of drug-likeness (QED) is 0.784. The molecular weight excluding hydrogens is 258 g/mol. The molecule has 2 amide bonds. The third kappa shape index (κ3) is 1.03. The Bertz CT molecular complexity index is 692. The number of ether oxygens (including phenoxy) is 1. The molecular formula is C14H9N3O3. The van der Waals surface area contributed by atoms with Crippen LogP contribution >= 0.6 is 0 Å². The molecule has 1 N–H and O–H groups in total. The monoisotopic (exact) mass is 267 g/mol. The van der Waals surface area contributed by atoms with Gasteiger partial charge < -0.3 is 4.74 Å². The van der Waals surface area contributed by atoms with Crippen LogP contribution in [0.25, 0.3) is 0 Å². The van der Waals surface area contributed by atoms with E-state index in [1.165, 1.54) is 7.11 Å². The average Bonchev–Trinajstić information content (AvgIpc) is 3.05. The van der Waals surface area contributed by atoms with E-state index in [-0.39, 0.29) is 0 Å². The van der Waals surface area contributed by atoms with Gasteiger partial charge in [0.1, 0.15) is 5.75 Å². The summed E-state index contributed by atoms with van der Waals surface area (Å²) < 4.78 is 5.09. The standard InChI is InChI=1S/C14H9N3O3/c1-20-9-4-2-3-8(5-9)10-13(6-15)11(18)17-12(19)14(10,13)7-16/h2-5,10H,1H3,(H,17,18,19)/t13-,14-/m0/s1. The molecule has 2 atom stereocenters. The van der Waals surface area contributed by atoms with Gasteiger partial charge in [-0.3, -0.25) is 14.9 Å². The molecule has 1 saturated heterocycles. The van der Waals surface area contributed by atoms with Crippen LogP contribution in [-0.4, -0.2) is 18.9 Å². The normalized spacial score (nSPS) is 33.6. The molecule has 1 aromatic rings. The van der Waals surface area contributed by atoms with Crippen molar-refractivity contribution in [2.75, 3.05) is 7.11 Å². The molecule has 0 aromatic heterocycles. The lowest BCUT2D eigenvalue weighted by Gasteiger charge is -2.08. The number of nitrogens with zero attached hydrogens (tertiary/aromatic N) is 2. The number of imide groups is 1. The summed E-state index contributed by atoms with van der Waals surface area (Å²) in [6.07, 6.45) is 0. The second-order valence-electron chi connectivity index (χ2n) is 4.83. The van der Waals surface area contributed by atoms with E-state index in [2.05, 4.69) is 5.32 Å². The highest BCUT2D eigenvalue weighted by atomic mass is 16.5. The first-order chi connectivity index (χ1) is 9.58. The molecule has 0 bridgehead atoms.